The van der Waals surface area contributed by atoms with Gasteiger partial charge < -0.3 is 9.84 Å². The Morgan fingerprint density at radius 1 is 1.03 bits per heavy atom. The number of aryl methyl sites for hydroxylation is 1. The second-order valence-electron chi connectivity index (χ2n) is 6.33. The monoisotopic (exact) mass is 398 g/mol. The zero-order valence-corrected chi connectivity index (χ0v) is 15.5. The lowest BCUT2D eigenvalue weighted by Crippen LogP contribution is -2.41. The second-order valence-corrected chi connectivity index (χ2v) is 6.33. The zero-order valence-electron chi connectivity index (χ0n) is 15.5. The molecule has 1 heterocycles. The van der Waals surface area contributed by atoms with Gasteiger partial charge >= 0.3 is 11.7 Å². The standard InChI is InChI=1S/C21H19FN2O5/c22-16-7-9-17(10-8-16)24-19(25)18(20(26)27)13-23(21(24)28)11-4-12-29-14-15-5-2-1-3-6-15/h1-3,5-10,13H,4,11-12,14H2,(H,26,27). The third kappa shape index (κ3) is 4.85. The SMILES string of the molecule is O=C(O)c1cn(CCCOCc2ccccc2)c(=O)n(-c2ccc(F)cc2)c1=O. The van der Waals surface area contributed by atoms with Crippen LogP contribution in [0.3, 0.4) is 0 Å². The number of benzene rings is 2. The molecule has 0 unspecified atom stereocenters. The fourth-order valence-corrected chi connectivity index (χ4v) is 2.83. The van der Waals surface area contributed by atoms with E-state index in [0.29, 0.717) is 19.6 Å². The summed E-state index contributed by atoms with van der Waals surface area (Å²) >= 11 is 0. The molecule has 0 radical (unpaired) electrons. The number of carboxylic acid groups (broad SMARTS) is 1. The molecule has 0 saturated heterocycles. The number of nitrogens with zero attached hydrogens (tertiary/aromatic N) is 2. The van der Waals surface area contributed by atoms with Gasteiger partial charge in [0.05, 0.1) is 12.3 Å². The van der Waals surface area contributed by atoms with Crippen LogP contribution in [0.2, 0.25) is 0 Å². The van der Waals surface area contributed by atoms with Crippen molar-refractivity contribution >= 4 is 5.97 Å². The fourth-order valence-electron chi connectivity index (χ4n) is 2.83. The molecule has 150 valence electrons. The van der Waals surface area contributed by atoms with E-state index >= 15 is 0 Å². The summed E-state index contributed by atoms with van der Waals surface area (Å²) in [7, 11) is 0. The molecule has 29 heavy (non-hydrogen) atoms. The number of rotatable bonds is 8. The van der Waals surface area contributed by atoms with Gasteiger partial charge in [-0.3, -0.25) is 9.36 Å². The second kappa shape index (κ2) is 9.11. The minimum Gasteiger partial charge on any atom is -0.477 e. The van der Waals surface area contributed by atoms with Gasteiger partial charge in [-0.15, -0.1) is 0 Å². The Balaban J connectivity index is 1.79. The number of carbonyl (C=O) groups is 1. The van der Waals surface area contributed by atoms with Crippen LogP contribution in [-0.4, -0.2) is 26.8 Å². The van der Waals surface area contributed by atoms with Crippen molar-refractivity contribution in [2.45, 2.75) is 19.6 Å². The van der Waals surface area contributed by atoms with E-state index < -0.39 is 28.6 Å². The Hall–Kier alpha value is -3.52. The minimum absolute atomic E-state index is 0.0959. The van der Waals surface area contributed by atoms with E-state index in [1.807, 2.05) is 30.3 Å². The summed E-state index contributed by atoms with van der Waals surface area (Å²) in [5.74, 6) is -1.98. The van der Waals surface area contributed by atoms with E-state index in [1.54, 1.807) is 0 Å². The number of hydrogen-bond acceptors (Lipinski definition) is 4. The summed E-state index contributed by atoms with van der Waals surface area (Å²) in [6.45, 7) is 0.931. The molecule has 2 aromatic carbocycles. The highest BCUT2D eigenvalue weighted by molar-refractivity contribution is 5.86. The molecule has 0 aliphatic carbocycles. The average Bonchev–Trinajstić information content (AvgIpc) is 2.71. The highest BCUT2D eigenvalue weighted by Gasteiger charge is 2.17. The Kier molecular flexibility index (Phi) is 6.36. The van der Waals surface area contributed by atoms with Gasteiger partial charge in [-0.05, 0) is 36.2 Å². The number of halogens is 1. The van der Waals surface area contributed by atoms with Crippen molar-refractivity contribution in [2.24, 2.45) is 0 Å². The number of aromatic carboxylic acids is 1. The van der Waals surface area contributed by atoms with Crippen molar-refractivity contribution in [3.63, 3.8) is 0 Å². The molecule has 0 saturated carbocycles. The fraction of sp³-hybridized carbons (Fsp3) is 0.190. The number of carboxylic acids is 1. The van der Waals surface area contributed by atoms with Crippen molar-refractivity contribution in [2.75, 3.05) is 6.61 Å². The van der Waals surface area contributed by atoms with Crippen LogP contribution in [0.5, 0.6) is 0 Å². The lowest BCUT2D eigenvalue weighted by Gasteiger charge is -2.12. The van der Waals surface area contributed by atoms with E-state index in [-0.39, 0.29) is 12.2 Å². The van der Waals surface area contributed by atoms with Gasteiger partial charge in [-0.25, -0.2) is 18.5 Å². The first-order valence-electron chi connectivity index (χ1n) is 8.95. The van der Waals surface area contributed by atoms with Crippen LogP contribution in [0.25, 0.3) is 5.69 Å². The van der Waals surface area contributed by atoms with Gasteiger partial charge in [0.1, 0.15) is 11.4 Å². The molecule has 0 atom stereocenters. The maximum atomic E-state index is 13.2. The molecule has 7 nitrogen and oxygen atoms in total. The van der Waals surface area contributed by atoms with Gasteiger partial charge in [0.15, 0.2) is 0 Å². The number of ether oxygens (including phenoxy) is 1. The molecule has 1 N–H and O–H groups in total. The summed E-state index contributed by atoms with van der Waals surface area (Å²) in [5.41, 5.74) is -1.10. The molecule has 8 heteroatoms. The van der Waals surface area contributed by atoms with Gasteiger partial charge in [0.25, 0.3) is 5.56 Å². The number of aromatic nitrogens is 2. The normalized spacial score (nSPS) is 10.8. The average molecular weight is 398 g/mol. The van der Waals surface area contributed by atoms with E-state index in [4.69, 9.17) is 4.74 Å². The molecular weight excluding hydrogens is 379 g/mol. The molecular formula is C21H19FN2O5. The van der Waals surface area contributed by atoms with Crippen molar-refractivity contribution in [3.05, 3.63) is 98.6 Å². The molecule has 0 fully saturated rings. The van der Waals surface area contributed by atoms with E-state index in [0.717, 1.165) is 33.0 Å². The minimum atomic E-state index is -1.44. The molecule has 0 amide bonds. The highest BCUT2D eigenvalue weighted by Crippen LogP contribution is 2.06. The Labute approximate surface area is 165 Å². The van der Waals surface area contributed by atoms with Crippen molar-refractivity contribution in [1.29, 1.82) is 0 Å². The smallest absolute Gasteiger partial charge is 0.342 e. The summed E-state index contributed by atoms with van der Waals surface area (Å²) in [5, 5.41) is 9.32. The molecule has 0 bridgehead atoms. The first-order valence-corrected chi connectivity index (χ1v) is 8.95. The van der Waals surface area contributed by atoms with Gasteiger partial charge in [0, 0.05) is 19.3 Å². The highest BCUT2D eigenvalue weighted by atomic mass is 19.1. The number of hydrogen-bond donors (Lipinski definition) is 1. The maximum Gasteiger partial charge on any atom is 0.342 e. The largest absolute Gasteiger partial charge is 0.477 e. The first-order chi connectivity index (χ1) is 14.0. The summed E-state index contributed by atoms with van der Waals surface area (Å²) in [4.78, 5) is 36.6. The Bertz CT molecular complexity index is 1100. The quantitative estimate of drug-likeness (QED) is 0.589. The molecule has 0 spiro atoms. The van der Waals surface area contributed by atoms with Crippen molar-refractivity contribution < 1.29 is 19.0 Å². The molecule has 3 aromatic rings. The van der Waals surface area contributed by atoms with Gasteiger partial charge in [0.2, 0.25) is 0 Å². The topological polar surface area (TPSA) is 90.5 Å². The first kappa shape index (κ1) is 20.2. The van der Waals surface area contributed by atoms with Crippen LogP contribution < -0.4 is 11.2 Å². The van der Waals surface area contributed by atoms with Gasteiger partial charge in [-0.2, -0.15) is 0 Å². The van der Waals surface area contributed by atoms with Crippen LogP contribution in [-0.2, 0) is 17.9 Å². The van der Waals surface area contributed by atoms with Crippen LogP contribution in [0.15, 0.2) is 70.4 Å². The zero-order chi connectivity index (χ0) is 20.8. The third-order valence-corrected chi connectivity index (χ3v) is 4.27. The third-order valence-electron chi connectivity index (χ3n) is 4.27. The predicted molar refractivity (Wildman–Crippen MR) is 104 cm³/mol. The summed E-state index contributed by atoms with van der Waals surface area (Å²) in [6.07, 6.45) is 1.47. The van der Waals surface area contributed by atoms with Crippen LogP contribution in [0, 0.1) is 5.82 Å². The molecule has 1 aromatic heterocycles. The molecule has 0 aliphatic rings. The van der Waals surface area contributed by atoms with Crippen LogP contribution >= 0.6 is 0 Å². The van der Waals surface area contributed by atoms with Crippen molar-refractivity contribution in [3.8, 4) is 5.69 Å². The van der Waals surface area contributed by atoms with E-state index in [9.17, 15) is 23.9 Å². The maximum absolute atomic E-state index is 13.2. The van der Waals surface area contributed by atoms with E-state index in [1.165, 1.54) is 12.1 Å². The van der Waals surface area contributed by atoms with Crippen LogP contribution in [0.1, 0.15) is 22.3 Å². The Morgan fingerprint density at radius 2 is 1.72 bits per heavy atom. The molecule has 0 aliphatic heterocycles. The van der Waals surface area contributed by atoms with Gasteiger partial charge in [-0.1, -0.05) is 30.3 Å². The summed E-state index contributed by atoms with van der Waals surface area (Å²) in [6, 6.07) is 14.3. The summed E-state index contributed by atoms with van der Waals surface area (Å²) < 4.78 is 20.6. The molecule has 3 rings (SSSR count). The van der Waals surface area contributed by atoms with Crippen molar-refractivity contribution in [1.82, 2.24) is 9.13 Å². The lowest BCUT2D eigenvalue weighted by atomic mass is 10.2. The Morgan fingerprint density at radius 3 is 2.38 bits per heavy atom. The lowest BCUT2D eigenvalue weighted by molar-refractivity contribution is 0.0693. The van der Waals surface area contributed by atoms with E-state index in [2.05, 4.69) is 0 Å². The van der Waals surface area contributed by atoms with Crippen LogP contribution in [0.4, 0.5) is 4.39 Å². The predicted octanol–water partition coefficient (Wildman–Crippen LogP) is 2.44.